The Balaban J connectivity index is 2.91. The monoisotopic (exact) mass is 309 g/mol. The first-order valence-corrected chi connectivity index (χ1v) is 7.05. The van der Waals surface area contributed by atoms with E-state index in [-0.39, 0.29) is 24.2 Å². The zero-order valence-corrected chi connectivity index (χ0v) is 12.4. The van der Waals surface area contributed by atoms with Crippen molar-refractivity contribution in [3.05, 3.63) is 16.1 Å². The lowest BCUT2D eigenvalue weighted by atomic mass is 10.2. The lowest BCUT2D eigenvalue weighted by Gasteiger charge is -2.24. The number of carbonyl (C=O) groups excluding carboxylic acids is 1. The fraction of sp³-hybridized carbons (Fsp3) is 0.667. The first kappa shape index (κ1) is 16.9. The van der Waals surface area contributed by atoms with Crippen molar-refractivity contribution < 1.29 is 18.0 Å². The molecule has 114 valence electrons. The number of thiazole rings is 1. The number of nitrogens with two attached hydrogens (primary N) is 1. The Bertz CT molecular complexity index is 457. The fourth-order valence-electron chi connectivity index (χ4n) is 1.63. The van der Waals surface area contributed by atoms with E-state index < -0.39 is 18.6 Å². The van der Waals surface area contributed by atoms with Crippen molar-refractivity contribution in [2.75, 3.05) is 13.1 Å². The number of aromatic nitrogens is 1. The Morgan fingerprint density at radius 3 is 2.45 bits per heavy atom. The molecule has 0 aliphatic carbocycles. The van der Waals surface area contributed by atoms with E-state index in [4.69, 9.17) is 5.73 Å². The van der Waals surface area contributed by atoms with Crippen LogP contribution in [0.15, 0.2) is 5.38 Å². The molecule has 0 spiro atoms. The quantitative estimate of drug-likeness (QED) is 0.910. The minimum atomic E-state index is -4.43. The second-order valence-corrected chi connectivity index (χ2v) is 5.94. The summed E-state index contributed by atoms with van der Waals surface area (Å²) in [4.78, 5) is 16.9. The van der Waals surface area contributed by atoms with E-state index in [1.807, 2.05) is 0 Å². The molecule has 0 aliphatic heterocycles. The van der Waals surface area contributed by atoms with Crippen LogP contribution < -0.4 is 5.73 Å². The third kappa shape index (κ3) is 5.09. The number of amides is 1. The minimum absolute atomic E-state index is 0.0206. The molecule has 0 radical (unpaired) electrons. The molecule has 4 nitrogen and oxygen atoms in total. The van der Waals surface area contributed by atoms with Gasteiger partial charge in [-0.1, -0.05) is 13.8 Å². The summed E-state index contributed by atoms with van der Waals surface area (Å²) in [5.74, 6) is -0.771. The number of rotatable bonds is 5. The standard InChI is InChI=1S/C12H18F3N3OS/c1-7(2)4-18(6-12(13,14)15)11(19)9-5-20-10(17-9)8(3)16/h5,7-8H,4,6,16H2,1-3H3. The van der Waals surface area contributed by atoms with E-state index in [1.54, 1.807) is 20.8 Å². The Morgan fingerprint density at radius 1 is 1.45 bits per heavy atom. The van der Waals surface area contributed by atoms with Crippen LogP contribution in [0, 0.1) is 5.92 Å². The number of alkyl halides is 3. The highest BCUT2D eigenvalue weighted by Crippen LogP contribution is 2.21. The molecule has 2 N–H and O–H groups in total. The SMILES string of the molecule is CC(C)CN(CC(F)(F)F)C(=O)c1csc(C(C)N)n1. The van der Waals surface area contributed by atoms with E-state index in [9.17, 15) is 18.0 Å². The summed E-state index contributed by atoms with van der Waals surface area (Å²) in [6.45, 7) is 3.98. The number of hydrogen-bond donors (Lipinski definition) is 1. The van der Waals surface area contributed by atoms with Gasteiger partial charge in [0.05, 0.1) is 6.04 Å². The van der Waals surface area contributed by atoms with Gasteiger partial charge in [-0.05, 0) is 12.8 Å². The molecule has 1 amide bonds. The lowest BCUT2D eigenvalue weighted by molar-refractivity contribution is -0.141. The minimum Gasteiger partial charge on any atom is -0.328 e. The molecular weight excluding hydrogens is 291 g/mol. The molecule has 1 aromatic rings. The number of hydrogen-bond acceptors (Lipinski definition) is 4. The molecule has 0 aromatic carbocycles. The van der Waals surface area contributed by atoms with Crippen molar-refractivity contribution in [1.29, 1.82) is 0 Å². The van der Waals surface area contributed by atoms with Gasteiger partial charge in [0.2, 0.25) is 0 Å². The average molecular weight is 309 g/mol. The third-order valence-corrected chi connectivity index (χ3v) is 3.42. The topological polar surface area (TPSA) is 59.2 Å². The van der Waals surface area contributed by atoms with Gasteiger partial charge in [-0.15, -0.1) is 11.3 Å². The largest absolute Gasteiger partial charge is 0.406 e. The van der Waals surface area contributed by atoms with Crippen molar-refractivity contribution in [2.45, 2.75) is 33.0 Å². The van der Waals surface area contributed by atoms with E-state index in [0.29, 0.717) is 5.01 Å². The van der Waals surface area contributed by atoms with Crippen LogP contribution >= 0.6 is 11.3 Å². The molecular formula is C12H18F3N3OS. The number of halogens is 3. The maximum Gasteiger partial charge on any atom is 0.406 e. The zero-order valence-electron chi connectivity index (χ0n) is 11.6. The van der Waals surface area contributed by atoms with Gasteiger partial charge in [-0.3, -0.25) is 4.79 Å². The maximum atomic E-state index is 12.5. The fourth-order valence-corrected chi connectivity index (χ4v) is 2.39. The molecule has 0 fully saturated rings. The van der Waals surface area contributed by atoms with E-state index in [1.165, 1.54) is 16.7 Å². The van der Waals surface area contributed by atoms with Crippen molar-refractivity contribution in [3.63, 3.8) is 0 Å². The first-order valence-electron chi connectivity index (χ1n) is 6.17. The van der Waals surface area contributed by atoms with Gasteiger partial charge in [-0.25, -0.2) is 4.98 Å². The van der Waals surface area contributed by atoms with Crippen molar-refractivity contribution >= 4 is 17.2 Å². The van der Waals surface area contributed by atoms with Crippen LogP contribution in [0.2, 0.25) is 0 Å². The van der Waals surface area contributed by atoms with Crippen LogP contribution in [0.25, 0.3) is 0 Å². The average Bonchev–Trinajstić information content (AvgIpc) is 2.73. The van der Waals surface area contributed by atoms with Crippen LogP contribution in [0.5, 0.6) is 0 Å². The van der Waals surface area contributed by atoms with Crippen molar-refractivity contribution in [2.24, 2.45) is 11.7 Å². The summed E-state index contributed by atoms with van der Waals surface area (Å²) >= 11 is 1.18. The van der Waals surface area contributed by atoms with Gasteiger partial charge in [0.1, 0.15) is 17.2 Å². The van der Waals surface area contributed by atoms with Gasteiger partial charge in [0.15, 0.2) is 0 Å². The second kappa shape index (κ2) is 6.53. The van der Waals surface area contributed by atoms with E-state index >= 15 is 0 Å². The summed E-state index contributed by atoms with van der Waals surface area (Å²) in [5, 5.41) is 1.98. The Hall–Kier alpha value is -1.15. The lowest BCUT2D eigenvalue weighted by Crippen LogP contribution is -2.41. The van der Waals surface area contributed by atoms with Gasteiger partial charge >= 0.3 is 6.18 Å². The highest BCUT2D eigenvalue weighted by atomic mass is 32.1. The molecule has 0 bridgehead atoms. The smallest absolute Gasteiger partial charge is 0.328 e. The molecule has 8 heteroatoms. The van der Waals surface area contributed by atoms with Crippen molar-refractivity contribution in [1.82, 2.24) is 9.88 Å². The van der Waals surface area contributed by atoms with Crippen LogP contribution in [0.4, 0.5) is 13.2 Å². The Morgan fingerprint density at radius 2 is 2.05 bits per heavy atom. The molecule has 20 heavy (non-hydrogen) atoms. The summed E-state index contributed by atoms with van der Waals surface area (Å²) in [6.07, 6.45) is -4.43. The second-order valence-electron chi connectivity index (χ2n) is 5.05. The zero-order chi connectivity index (χ0) is 15.5. The molecule has 1 aromatic heterocycles. The Labute approximate surface area is 119 Å². The summed E-state index contributed by atoms with van der Waals surface area (Å²) in [6, 6.07) is -0.345. The molecule has 1 rings (SSSR count). The van der Waals surface area contributed by atoms with E-state index in [0.717, 1.165) is 4.90 Å². The van der Waals surface area contributed by atoms with Gasteiger partial charge in [0, 0.05) is 11.9 Å². The summed E-state index contributed by atoms with van der Waals surface area (Å²) in [7, 11) is 0. The van der Waals surface area contributed by atoms with Crippen LogP contribution in [-0.4, -0.2) is 35.1 Å². The van der Waals surface area contributed by atoms with Gasteiger partial charge in [-0.2, -0.15) is 13.2 Å². The molecule has 1 heterocycles. The predicted molar refractivity (Wildman–Crippen MR) is 71.5 cm³/mol. The maximum absolute atomic E-state index is 12.5. The van der Waals surface area contributed by atoms with Crippen LogP contribution in [0.1, 0.15) is 42.3 Å². The molecule has 0 saturated carbocycles. The number of nitrogens with zero attached hydrogens (tertiary/aromatic N) is 2. The first-order chi connectivity index (χ1) is 9.10. The summed E-state index contributed by atoms with van der Waals surface area (Å²) < 4.78 is 37.6. The highest BCUT2D eigenvalue weighted by Gasteiger charge is 2.34. The van der Waals surface area contributed by atoms with Crippen LogP contribution in [0.3, 0.4) is 0 Å². The summed E-state index contributed by atoms with van der Waals surface area (Å²) in [5.41, 5.74) is 5.65. The van der Waals surface area contributed by atoms with Gasteiger partial charge < -0.3 is 10.6 Å². The molecule has 0 aliphatic rings. The van der Waals surface area contributed by atoms with Gasteiger partial charge in [0.25, 0.3) is 5.91 Å². The third-order valence-electron chi connectivity index (χ3n) is 2.37. The normalized spacial score (nSPS) is 13.6. The molecule has 0 saturated heterocycles. The highest BCUT2D eigenvalue weighted by molar-refractivity contribution is 7.09. The Kier molecular flexibility index (Phi) is 5.52. The predicted octanol–water partition coefficient (Wildman–Crippen LogP) is 2.82. The van der Waals surface area contributed by atoms with Crippen molar-refractivity contribution in [3.8, 4) is 0 Å². The van der Waals surface area contributed by atoms with E-state index in [2.05, 4.69) is 4.98 Å². The molecule has 1 unspecified atom stereocenters. The number of carbonyl (C=O) groups is 1. The van der Waals surface area contributed by atoms with Crippen LogP contribution in [-0.2, 0) is 0 Å². The molecule has 1 atom stereocenters.